The van der Waals surface area contributed by atoms with E-state index < -0.39 is 0 Å². The van der Waals surface area contributed by atoms with E-state index in [1.54, 1.807) is 11.8 Å². The second-order valence-electron chi connectivity index (χ2n) is 4.48. The molecule has 1 amide bonds. The van der Waals surface area contributed by atoms with Gasteiger partial charge in [-0.2, -0.15) is 0 Å². The van der Waals surface area contributed by atoms with Crippen molar-refractivity contribution in [1.82, 2.24) is 10.6 Å². The van der Waals surface area contributed by atoms with Crippen LogP contribution >= 0.6 is 11.8 Å². The van der Waals surface area contributed by atoms with Crippen molar-refractivity contribution in [3.63, 3.8) is 0 Å². The summed E-state index contributed by atoms with van der Waals surface area (Å²) < 4.78 is 0. The summed E-state index contributed by atoms with van der Waals surface area (Å²) in [6.45, 7) is 8.23. The van der Waals surface area contributed by atoms with Crippen LogP contribution in [0.25, 0.3) is 0 Å². The van der Waals surface area contributed by atoms with Crippen molar-refractivity contribution < 1.29 is 4.79 Å². The summed E-state index contributed by atoms with van der Waals surface area (Å²) in [6.07, 6.45) is 0. The standard InChI is InChI=1S/C10H19N3OS/c1-8(14)11-4-5-12-9-13-6-10(2,3)7-15-9/h4-7H2,1-3H3,(H,11,14)(H,12,13). The number of thioether (sulfide) groups is 1. The first-order valence-electron chi connectivity index (χ1n) is 5.15. The maximum atomic E-state index is 10.6. The molecule has 0 aliphatic carbocycles. The van der Waals surface area contributed by atoms with Crippen molar-refractivity contribution in [2.24, 2.45) is 10.4 Å². The van der Waals surface area contributed by atoms with Crippen molar-refractivity contribution >= 4 is 22.8 Å². The van der Waals surface area contributed by atoms with Crippen molar-refractivity contribution in [2.45, 2.75) is 20.8 Å². The van der Waals surface area contributed by atoms with E-state index in [1.165, 1.54) is 6.92 Å². The molecule has 0 atom stereocenters. The molecule has 4 nitrogen and oxygen atoms in total. The summed E-state index contributed by atoms with van der Waals surface area (Å²) in [5.41, 5.74) is 0.313. The third-order valence-corrected chi connectivity index (χ3v) is 3.50. The molecule has 0 saturated carbocycles. The van der Waals surface area contributed by atoms with Crippen LogP contribution in [0, 0.1) is 5.41 Å². The molecular formula is C10H19N3OS. The van der Waals surface area contributed by atoms with E-state index in [0.29, 0.717) is 12.0 Å². The Morgan fingerprint density at radius 3 is 2.80 bits per heavy atom. The van der Waals surface area contributed by atoms with Gasteiger partial charge in [-0.15, -0.1) is 0 Å². The number of nitrogens with one attached hydrogen (secondary N) is 2. The zero-order chi connectivity index (χ0) is 11.3. The van der Waals surface area contributed by atoms with Gasteiger partial charge < -0.3 is 10.6 Å². The van der Waals surface area contributed by atoms with Gasteiger partial charge in [-0.3, -0.25) is 9.79 Å². The second-order valence-corrected chi connectivity index (χ2v) is 5.45. The molecule has 1 heterocycles. The predicted octanol–water partition coefficient (Wildman–Crippen LogP) is 0.841. The van der Waals surface area contributed by atoms with Gasteiger partial charge in [-0.1, -0.05) is 25.6 Å². The molecule has 86 valence electrons. The lowest BCUT2D eigenvalue weighted by molar-refractivity contribution is -0.118. The SMILES string of the molecule is CC(=O)NCCNC1=NCC(C)(C)CS1. The Morgan fingerprint density at radius 2 is 2.27 bits per heavy atom. The number of carbonyl (C=O) groups is 1. The Morgan fingerprint density at radius 1 is 1.53 bits per heavy atom. The van der Waals surface area contributed by atoms with Gasteiger partial charge in [0.1, 0.15) is 0 Å². The minimum atomic E-state index is 0.0103. The molecule has 5 heteroatoms. The summed E-state index contributed by atoms with van der Waals surface area (Å²) in [6, 6.07) is 0. The van der Waals surface area contributed by atoms with Gasteiger partial charge in [0.15, 0.2) is 5.17 Å². The highest BCUT2D eigenvalue weighted by atomic mass is 32.2. The maximum Gasteiger partial charge on any atom is 0.216 e. The average Bonchev–Trinajstić information content (AvgIpc) is 2.14. The van der Waals surface area contributed by atoms with Crippen LogP contribution in [0.2, 0.25) is 0 Å². The summed E-state index contributed by atoms with van der Waals surface area (Å²) >= 11 is 1.76. The fourth-order valence-electron chi connectivity index (χ4n) is 1.16. The van der Waals surface area contributed by atoms with E-state index in [-0.39, 0.29) is 5.91 Å². The van der Waals surface area contributed by atoms with Gasteiger partial charge in [0.2, 0.25) is 5.91 Å². The molecule has 0 bridgehead atoms. The number of carbonyl (C=O) groups excluding carboxylic acids is 1. The predicted molar refractivity (Wildman–Crippen MR) is 65.2 cm³/mol. The summed E-state index contributed by atoms with van der Waals surface area (Å²) in [4.78, 5) is 15.1. The molecular weight excluding hydrogens is 210 g/mol. The lowest BCUT2D eigenvalue weighted by atomic mass is 9.97. The molecule has 0 aromatic heterocycles. The van der Waals surface area contributed by atoms with Crippen LogP contribution in [-0.2, 0) is 4.79 Å². The minimum Gasteiger partial charge on any atom is -0.363 e. The van der Waals surface area contributed by atoms with E-state index in [2.05, 4.69) is 29.5 Å². The van der Waals surface area contributed by atoms with Crippen LogP contribution in [0.1, 0.15) is 20.8 Å². The highest BCUT2D eigenvalue weighted by molar-refractivity contribution is 8.13. The summed E-state index contributed by atoms with van der Waals surface area (Å²) in [5.74, 6) is 1.11. The van der Waals surface area contributed by atoms with Crippen molar-refractivity contribution in [1.29, 1.82) is 0 Å². The second kappa shape index (κ2) is 5.39. The summed E-state index contributed by atoms with van der Waals surface area (Å²) in [7, 11) is 0. The molecule has 0 aromatic carbocycles. The Balaban J connectivity index is 2.18. The molecule has 1 aliphatic heterocycles. The van der Waals surface area contributed by atoms with Crippen LogP contribution < -0.4 is 10.6 Å². The number of hydrogen-bond acceptors (Lipinski definition) is 4. The third kappa shape index (κ3) is 5.06. The largest absolute Gasteiger partial charge is 0.363 e. The number of rotatable bonds is 3. The normalized spacial score (nSPS) is 19.3. The topological polar surface area (TPSA) is 53.5 Å². The monoisotopic (exact) mass is 229 g/mol. The van der Waals surface area contributed by atoms with Gasteiger partial charge >= 0.3 is 0 Å². The lowest BCUT2D eigenvalue weighted by Crippen LogP contribution is -2.36. The molecule has 2 N–H and O–H groups in total. The van der Waals surface area contributed by atoms with E-state index in [9.17, 15) is 4.79 Å². The highest BCUT2D eigenvalue weighted by Crippen LogP contribution is 2.26. The number of aliphatic imine (C=N–C) groups is 1. The molecule has 0 spiro atoms. The smallest absolute Gasteiger partial charge is 0.216 e. The maximum absolute atomic E-state index is 10.6. The van der Waals surface area contributed by atoms with Crippen LogP contribution in [0.15, 0.2) is 4.99 Å². The average molecular weight is 229 g/mol. The first-order chi connectivity index (χ1) is 6.99. The quantitative estimate of drug-likeness (QED) is 0.705. The van der Waals surface area contributed by atoms with E-state index in [1.807, 2.05) is 0 Å². The Hall–Kier alpha value is -0.710. The number of amidine groups is 1. The molecule has 0 unspecified atom stereocenters. The van der Waals surface area contributed by atoms with Crippen molar-refractivity contribution in [3.8, 4) is 0 Å². The molecule has 0 aromatic rings. The number of amides is 1. The Labute approximate surface area is 95.3 Å². The van der Waals surface area contributed by atoms with E-state index >= 15 is 0 Å². The molecule has 1 aliphatic rings. The molecule has 0 saturated heterocycles. The number of nitrogens with zero attached hydrogens (tertiary/aromatic N) is 1. The lowest BCUT2D eigenvalue weighted by Gasteiger charge is -2.27. The van der Waals surface area contributed by atoms with Crippen LogP contribution in [0.4, 0.5) is 0 Å². The van der Waals surface area contributed by atoms with Crippen LogP contribution in [-0.4, -0.2) is 36.5 Å². The zero-order valence-corrected chi connectivity index (χ0v) is 10.4. The third-order valence-electron chi connectivity index (χ3n) is 2.03. The Kier molecular flexibility index (Phi) is 4.45. The number of hydrogen-bond donors (Lipinski definition) is 2. The molecule has 0 radical (unpaired) electrons. The summed E-state index contributed by atoms with van der Waals surface area (Å²) in [5, 5.41) is 6.95. The van der Waals surface area contributed by atoms with Gasteiger partial charge in [0.05, 0.1) is 0 Å². The van der Waals surface area contributed by atoms with Gasteiger partial charge in [0, 0.05) is 32.3 Å². The van der Waals surface area contributed by atoms with E-state index in [0.717, 1.165) is 24.0 Å². The molecule has 1 rings (SSSR count). The van der Waals surface area contributed by atoms with E-state index in [4.69, 9.17) is 0 Å². The van der Waals surface area contributed by atoms with Gasteiger partial charge in [-0.05, 0) is 5.41 Å². The fraction of sp³-hybridized carbons (Fsp3) is 0.800. The first kappa shape index (κ1) is 12.4. The van der Waals surface area contributed by atoms with Crippen molar-refractivity contribution in [3.05, 3.63) is 0 Å². The van der Waals surface area contributed by atoms with Gasteiger partial charge in [0.25, 0.3) is 0 Å². The van der Waals surface area contributed by atoms with Gasteiger partial charge in [-0.25, -0.2) is 0 Å². The van der Waals surface area contributed by atoms with Crippen LogP contribution in [0.5, 0.6) is 0 Å². The van der Waals surface area contributed by atoms with Crippen LogP contribution in [0.3, 0.4) is 0 Å². The molecule has 15 heavy (non-hydrogen) atoms. The first-order valence-corrected chi connectivity index (χ1v) is 6.14. The zero-order valence-electron chi connectivity index (χ0n) is 9.59. The van der Waals surface area contributed by atoms with Crippen molar-refractivity contribution in [2.75, 3.05) is 25.4 Å². The highest BCUT2D eigenvalue weighted by Gasteiger charge is 2.22. The molecule has 0 fully saturated rings. The fourth-order valence-corrected chi connectivity index (χ4v) is 2.13. The minimum absolute atomic E-state index is 0.0103. The Bertz CT molecular complexity index is 263.